The highest BCUT2D eigenvalue weighted by atomic mass is 35.5. The van der Waals surface area contributed by atoms with Gasteiger partial charge in [-0.15, -0.1) is 0 Å². The minimum Gasteiger partial charge on any atom is -0.389 e. The first-order valence-corrected chi connectivity index (χ1v) is 13.2. The molecule has 14 heteroatoms. The summed E-state index contributed by atoms with van der Waals surface area (Å²) in [7, 11) is -3.30. The van der Waals surface area contributed by atoms with Crippen LogP contribution in [0, 0.1) is 0 Å². The molecule has 1 atom stereocenters. The van der Waals surface area contributed by atoms with Crippen molar-refractivity contribution in [1.29, 1.82) is 0 Å². The standard InChI is InChI=1S/C22H24ClF3N6O3S/c1-13(33)15-4-3-5-18(19(15)23)31-11-17(28-12-31)20-16(22(24,25)26)10-27-21(30-20)29-14-6-8-32(9-7-14)36(2,34)35/h3-5,10-14,33H,6-9H2,1-2H3,(H,27,29,30). The van der Waals surface area contributed by atoms with E-state index in [1.54, 1.807) is 25.1 Å². The molecule has 0 saturated carbocycles. The van der Waals surface area contributed by atoms with Crippen LogP contribution in [0.3, 0.4) is 0 Å². The van der Waals surface area contributed by atoms with Gasteiger partial charge in [0.05, 0.1) is 23.1 Å². The average Bonchev–Trinajstić information content (AvgIpc) is 3.28. The number of nitrogens with zero attached hydrogens (tertiary/aromatic N) is 5. The summed E-state index contributed by atoms with van der Waals surface area (Å²) in [5.41, 5.74) is -0.592. The SMILES string of the molecule is CC(O)c1cccc(-n2cnc(-c3nc(NC4CCN(S(C)(=O)=O)CC4)ncc3C(F)(F)F)c2)c1Cl. The van der Waals surface area contributed by atoms with Gasteiger partial charge >= 0.3 is 6.18 Å². The van der Waals surface area contributed by atoms with Crippen molar-refractivity contribution in [3.63, 3.8) is 0 Å². The third-order valence-electron chi connectivity index (χ3n) is 5.91. The molecular formula is C22H24ClF3N6O3S. The van der Waals surface area contributed by atoms with Crippen LogP contribution in [0.4, 0.5) is 19.1 Å². The molecule has 36 heavy (non-hydrogen) atoms. The van der Waals surface area contributed by atoms with E-state index < -0.39 is 33.6 Å². The maximum absolute atomic E-state index is 13.8. The number of aromatic nitrogens is 4. The van der Waals surface area contributed by atoms with E-state index in [0.717, 1.165) is 6.26 Å². The number of nitrogens with one attached hydrogen (secondary N) is 1. The van der Waals surface area contributed by atoms with E-state index in [4.69, 9.17) is 11.6 Å². The predicted octanol–water partition coefficient (Wildman–Crippen LogP) is 3.89. The average molecular weight is 545 g/mol. The van der Waals surface area contributed by atoms with Gasteiger partial charge in [-0.05, 0) is 25.8 Å². The third kappa shape index (κ3) is 5.64. The van der Waals surface area contributed by atoms with Crippen molar-refractivity contribution in [2.75, 3.05) is 24.7 Å². The topological polar surface area (TPSA) is 113 Å². The normalized spacial score (nSPS) is 16.8. The Bertz CT molecular complexity index is 1360. The van der Waals surface area contributed by atoms with Crippen molar-refractivity contribution >= 4 is 27.6 Å². The van der Waals surface area contributed by atoms with Crippen LogP contribution in [0.5, 0.6) is 0 Å². The maximum Gasteiger partial charge on any atom is 0.420 e. The number of hydrogen-bond donors (Lipinski definition) is 2. The Morgan fingerprint density at radius 3 is 2.53 bits per heavy atom. The minimum atomic E-state index is -4.72. The van der Waals surface area contributed by atoms with E-state index in [1.807, 2.05) is 0 Å². The summed E-state index contributed by atoms with van der Waals surface area (Å²) in [6.45, 7) is 2.14. The molecule has 9 nitrogen and oxygen atoms in total. The van der Waals surface area contributed by atoms with E-state index in [0.29, 0.717) is 43.4 Å². The number of anilines is 1. The zero-order valence-electron chi connectivity index (χ0n) is 19.4. The maximum atomic E-state index is 13.8. The van der Waals surface area contributed by atoms with Gasteiger partial charge in [-0.25, -0.2) is 27.7 Å². The molecule has 0 aliphatic carbocycles. The van der Waals surface area contributed by atoms with Crippen molar-refractivity contribution in [3.8, 4) is 17.1 Å². The minimum absolute atomic E-state index is 0.0144. The van der Waals surface area contributed by atoms with Crippen molar-refractivity contribution in [2.24, 2.45) is 0 Å². The molecule has 1 fully saturated rings. The molecule has 1 aliphatic heterocycles. The van der Waals surface area contributed by atoms with E-state index in [1.165, 1.54) is 21.4 Å². The van der Waals surface area contributed by atoms with E-state index in [9.17, 15) is 26.7 Å². The highest BCUT2D eigenvalue weighted by molar-refractivity contribution is 7.88. The van der Waals surface area contributed by atoms with Gasteiger partial charge in [-0.3, -0.25) is 0 Å². The molecule has 0 radical (unpaired) electrons. The van der Waals surface area contributed by atoms with Crippen molar-refractivity contribution in [2.45, 2.75) is 38.1 Å². The summed E-state index contributed by atoms with van der Waals surface area (Å²) in [6.07, 6.45) is -0.106. The Morgan fingerprint density at radius 1 is 1.22 bits per heavy atom. The number of rotatable bonds is 6. The van der Waals surface area contributed by atoms with Crippen LogP contribution in [0.15, 0.2) is 36.9 Å². The zero-order valence-corrected chi connectivity index (χ0v) is 20.9. The van der Waals surface area contributed by atoms with Gasteiger partial charge in [-0.2, -0.15) is 13.2 Å². The number of alkyl halides is 3. The number of halogens is 4. The Hall–Kier alpha value is -2.74. The smallest absolute Gasteiger partial charge is 0.389 e. The quantitative estimate of drug-likeness (QED) is 0.484. The third-order valence-corrected chi connectivity index (χ3v) is 7.63. The van der Waals surface area contributed by atoms with Gasteiger partial charge in [0.15, 0.2) is 0 Å². The molecule has 2 aromatic heterocycles. The molecule has 1 aliphatic rings. The van der Waals surface area contributed by atoms with Crippen LogP contribution in [0.1, 0.15) is 37.0 Å². The Labute approximate surface area is 211 Å². The van der Waals surface area contributed by atoms with Gasteiger partial charge in [0.1, 0.15) is 23.3 Å². The van der Waals surface area contributed by atoms with Crippen molar-refractivity contribution in [3.05, 3.63) is 53.1 Å². The van der Waals surface area contributed by atoms with Crippen LogP contribution in [0.25, 0.3) is 17.1 Å². The predicted molar refractivity (Wildman–Crippen MR) is 128 cm³/mol. The van der Waals surface area contributed by atoms with Crippen molar-refractivity contribution < 1.29 is 26.7 Å². The molecule has 194 valence electrons. The van der Waals surface area contributed by atoms with E-state index >= 15 is 0 Å². The van der Waals surface area contributed by atoms with Crippen LogP contribution < -0.4 is 5.32 Å². The molecular weight excluding hydrogens is 521 g/mol. The summed E-state index contributed by atoms with van der Waals surface area (Å²) in [4.78, 5) is 12.1. The molecule has 3 aromatic rings. The number of piperidine rings is 1. The summed E-state index contributed by atoms with van der Waals surface area (Å²) in [5.74, 6) is -0.0144. The van der Waals surface area contributed by atoms with Gasteiger partial charge in [0.2, 0.25) is 16.0 Å². The lowest BCUT2D eigenvalue weighted by Gasteiger charge is -2.30. The molecule has 0 bridgehead atoms. The Kier molecular flexibility index (Phi) is 7.28. The van der Waals surface area contributed by atoms with Gasteiger partial charge in [0.25, 0.3) is 0 Å². The second-order valence-corrected chi connectivity index (χ2v) is 10.9. The first-order valence-electron chi connectivity index (χ1n) is 11.0. The fraction of sp³-hybridized carbons (Fsp3) is 0.409. The number of sulfonamides is 1. The first-order chi connectivity index (χ1) is 16.8. The van der Waals surface area contributed by atoms with E-state index in [-0.39, 0.29) is 22.7 Å². The largest absolute Gasteiger partial charge is 0.420 e. The molecule has 1 unspecified atom stereocenters. The van der Waals surface area contributed by atoms with Gasteiger partial charge in [0, 0.05) is 37.1 Å². The number of imidazole rings is 1. The molecule has 0 spiro atoms. The van der Waals surface area contributed by atoms with Gasteiger partial charge in [-0.1, -0.05) is 23.7 Å². The Morgan fingerprint density at radius 2 is 1.92 bits per heavy atom. The van der Waals surface area contributed by atoms with Crippen LogP contribution >= 0.6 is 11.6 Å². The molecule has 4 rings (SSSR count). The van der Waals surface area contributed by atoms with Gasteiger partial charge < -0.3 is 15.0 Å². The fourth-order valence-electron chi connectivity index (χ4n) is 4.00. The van der Waals surface area contributed by atoms with Crippen LogP contribution in [-0.4, -0.2) is 62.7 Å². The number of aliphatic hydroxyl groups excluding tert-OH is 1. The number of aliphatic hydroxyl groups is 1. The highest BCUT2D eigenvalue weighted by Crippen LogP contribution is 2.36. The molecule has 2 N–H and O–H groups in total. The van der Waals surface area contributed by atoms with Crippen LogP contribution in [0.2, 0.25) is 5.02 Å². The fourth-order valence-corrected chi connectivity index (χ4v) is 5.26. The van der Waals surface area contributed by atoms with Crippen molar-refractivity contribution in [1.82, 2.24) is 23.8 Å². The lowest BCUT2D eigenvalue weighted by Crippen LogP contribution is -2.42. The first kappa shape index (κ1) is 26.3. The monoisotopic (exact) mass is 544 g/mol. The highest BCUT2D eigenvalue weighted by Gasteiger charge is 2.36. The lowest BCUT2D eigenvalue weighted by atomic mass is 10.1. The zero-order chi connectivity index (χ0) is 26.3. The second kappa shape index (κ2) is 9.96. The second-order valence-electron chi connectivity index (χ2n) is 8.56. The number of benzene rings is 1. The van der Waals surface area contributed by atoms with Crippen LogP contribution in [-0.2, 0) is 16.2 Å². The summed E-state index contributed by atoms with van der Waals surface area (Å²) in [5, 5.41) is 13.2. The lowest BCUT2D eigenvalue weighted by molar-refractivity contribution is -0.137. The summed E-state index contributed by atoms with van der Waals surface area (Å²) < 4.78 is 67.5. The summed E-state index contributed by atoms with van der Waals surface area (Å²) in [6, 6.07) is 4.78. The van der Waals surface area contributed by atoms with E-state index in [2.05, 4.69) is 20.3 Å². The summed E-state index contributed by atoms with van der Waals surface area (Å²) >= 11 is 6.40. The molecule has 1 saturated heterocycles. The molecule has 0 amide bonds. The Balaban J connectivity index is 1.64. The molecule has 3 heterocycles. The number of hydrogen-bond acceptors (Lipinski definition) is 7. The molecule has 1 aromatic carbocycles.